The number of aromatic amines is 1. The Morgan fingerprint density at radius 3 is 2.92 bits per heavy atom. The van der Waals surface area contributed by atoms with Crippen LogP contribution in [0.3, 0.4) is 0 Å². The Hall–Kier alpha value is -2.55. The number of hydrogen-bond donors (Lipinski definition) is 3. The largest absolute Gasteiger partial charge is 0.378 e. The highest BCUT2D eigenvalue weighted by molar-refractivity contribution is 7.14. The molecule has 1 amide bonds. The van der Waals surface area contributed by atoms with Crippen LogP contribution in [-0.4, -0.2) is 48.0 Å². The third-order valence-electron chi connectivity index (χ3n) is 3.83. The zero-order valence-corrected chi connectivity index (χ0v) is 15.2. The molecule has 2 aromatic heterocycles. The van der Waals surface area contributed by atoms with E-state index in [1.54, 1.807) is 13.1 Å². The monoisotopic (exact) mass is 372 g/mol. The summed E-state index contributed by atoms with van der Waals surface area (Å²) in [6.45, 7) is 3.42. The Bertz CT molecular complexity index is 932. The van der Waals surface area contributed by atoms with E-state index in [2.05, 4.69) is 15.3 Å². The van der Waals surface area contributed by atoms with Gasteiger partial charge in [0.1, 0.15) is 5.69 Å². The fraction of sp³-hybridized carbons (Fsp3) is 0.278. The lowest BCUT2D eigenvalue weighted by atomic mass is 10.1. The molecule has 136 valence electrons. The van der Waals surface area contributed by atoms with Crippen molar-refractivity contribution in [3.8, 4) is 0 Å². The van der Waals surface area contributed by atoms with Crippen molar-refractivity contribution < 1.29 is 14.3 Å². The van der Waals surface area contributed by atoms with Gasteiger partial charge in [-0.25, -0.2) is 4.98 Å². The SMILES string of the molecule is Cc1sc(C(=O)c2c[nH]c3ccccc23)nc1C(=O)NCCOCCN. The van der Waals surface area contributed by atoms with E-state index in [0.717, 1.165) is 10.9 Å². The Kier molecular flexibility index (Phi) is 5.77. The molecule has 0 aliphatic carbocycles. The van der Waals surface area contributed by atoms with Crippen molar-refractivity contribution >= 4 is 33.9 Å². The second-order valence-electron chi connectivity index (χ2n) is 5.66. The first kappa shape index (κ1) is 18.2. The average Bonchev–Trinajstić information content (AvgIpc) is 3.24. The molecule has 0 atom stereocenters. The summed E-state index contributed by atoms with van der Waals surface area (Å²) in [6.07, 6.45) is 1.68. The lowest BCUT2D eigenvalue weighted by Crippen LogP contribution is -2.28. The molecule has 0 radical (unpaired) electrons. The number of carbonyl (C=O) groups is 2. The molecular formula is C18H20N4O3S. The third kappa shape index (κ3) is 3.82. The number of ketones is 1. The van der Waals surface area contributed by atoms with Gasteiger partial charge in [-0.15, -0.1) is 11.3 Å². The Morgan fingerprint density at radius 2 is 2.12 bits per heavy atom. The number of fused-ring (bicyclic) bond motifs is 1. The van der Waals surface area contributed by atoms with Gasteiger partial charge in [0.2, 0.25) is 5.78 Å². The molecule has 0 saturated carbocycles. The van der Waals surface area contributed by atoms with Crippen LogP contribution >= 0.6 is 11.3 Å². The normalized spacial score (nSPS) is 11.0. The minimum absolute atomic E-state index is 0.194. The molecule has 26 heavy (non-hydrogen) atoms. The molecular weight excluding hydrogens is 352 g/mol. The summed E-state index contributed by atoms with van der Waals surface area (Å²) >= 11 is 1.22. The first-order chi connectivity index (χ1) is 12.6. The summed E-state index contributed by atoms with van der Waals surface area (Å²) in [5, 5.41) is 3.88. The van der Waals surface area contributed by atoms with E-state index in [-0.39, 0.29) is 17.4 Å². The average molecular weight is 372 g/mol. The van der Waals surface area contributed by atoms with Gasteiger partial charge >= 0.3 is 0 Å². The maximum Gasteiger partial charge on any atom is 0.271 e. The molecule has 4 N–H and O–H groups in total. The van der Waals surface area contributed by atoms with Gasteiger partial charge in [0, 0.05) is 35.1 Å². The third-order valence-corrected chi connectivity index (χ3v) is 4.80. The van der Waals surface area contributed by atoms with Crippen molar-refractivity contribution in [2.75, 3.05) is 26.3 Å². The number of hydrogen-bond acceptors (Lipinski definition) is 6. The number of nitrogens with two attached hydrogens (primary N) is 1. The molecule has 0 spiro atoms. The van der Waals surface area contributed by atoms with E-state index in [0.29, 0.717) is 41.8 Å². The van der Waals surface area contributed by atoms with E-state index in [4.69, 9.17) is 10.5 Å². The molecule has 0 fully saturated rings. The maximum atomic E-state index is 12.8. The lowest BCUT2D eigenvalue weighted by molar-refractivity contribution is 0.0915. The summed E-state index contributed by atoms with van der Waals surface area (Å²) < 4.78 is 5.22. The van der Waals surface area contributed by atoms with Crippen LogP contribution in [0.2, 0.25) is 0 Å². The van der Waals surface area contributed by atoms with E-state index >= 15 is 0 Å². The molecule has 3 aromatic rings. The van der Waals surface area contributed by atoms with Crippen LogP contribution in [0.25, 0.3) is 10.9 Å². The van der Waals surface area contributed by atoms with E-state index in [1.165, 1.54) is 11.3 Å². The number of carbonyl (C=O) groups excluding carboxylic acids is 2. The van der Waals surface area contributed by atoms with Crippen molar-refractivity contribution in [2.45, 2.75) is 6.92 Å². The summed E-state index contributed by atoms with van der Waals surface area (Å²) in [5.41, 5.74) is 7.05. The molecule has 2 heterocycles. The van der Waals surface area contributed by atoms with E-state index < -0.39 is 0 Å². The number of aromatic nitrogens is 2. The fourth-order valence-corrected chi connectivity index (χ4v) is 3.45. The highest BCUT2D eigenvalue weighted by Gasteiger charge is 2.22. The number of amides is 1. The number of thiazole rings is 1. The maximum absolute atomic E-state index is 12.8. The number of aryl methyl sites for hydroxylation is 1. The van der Waals surface area contributed by atoms with Gasteiger partial charge in [0.05, 0.1) is 18.8 Å². The number of ether oxygens (including phenoxy) is 1. The van der Waals surface area contributed by atoms with Gasteiger partial charge in [-0.05, 0) is 13.0 Å². The standard InChI is InChI=1S/C18H20N4O3S/c1-11-15(17(24)20-7-9-25-8-6-19)22-18(26-11)16(23)13-10-21-14-5-3-2-4-12(13)14/h2-5,10,21H,6-9,19H2,1H3,(H,20,24). The molecule has 0 unspecified atom stereocenters. The smallest absolute Gasteiger partial charge is 0.271 e. The Labute approximate surface area is 154 Å². The van der Waals surface area contributed by atoms with Crippen molar-refractivity contribution in [1.29, 1.82) is 0 Å². The minimum atomic E-state index is -0.312. The molecule has 3 rings (SSSR count). The van der Waals surface area contributed by atoms with Crippen molar-refractivity contribution in [3.63, 3.8) is 0 Å². The summed E-state index contributed by atoms with van der Waals surface area (Å²) in [6, 6.07) is 7.57. The van der Waals surface area contributed by atoms with Crippen LogP contribution in [0.5, 0.6) is 0 Å². The fourth-order valence-electron chi connectivity index (χ4n) is 2.58. The second-order valence-corrected chi connectivity index (χ2v) is 6.86. The predicted molar refractivity (Wildman–Crippen MR) is 101 cm³/mol. The number of para-hydroxylation sites is 1. The van der Waals surface area contributed by atoms with Crippen LogP contribution in [0.4, 0.5) is 0 Å². The lowest BCUT2D eigenvalue weighted by Gasteiger charge is -2.04. The zero-order chi connectivity index (χ0) is 18.5. The molecule has 7 nitrogen and oxygen atoms in total. The summed E-state index contributed by atoms with van der Waals surface area (Å²) in [7, 11) is 0. The topological polar surface area (TPSA) is 110 Å². The zero-order valence-electron chi connectivity index (χ0n) is 14.4. The quantitative estimate of drug-likeness (QED) is 0.413. The minimum Gasteiger partial charge on any atom is -0.378 e. The highest BCUT2D eigenvalue weighted by atomic mass is 32.1. The van der Waals surface area contributed by atoms with Crippen LogP contribution < -0.4 is 11.1 Å². The van der Waals surface area contributed by atoms with Gasteiger partial charge in [0.25, 0.3) is 5.91 Å². The van der Waals surface area contributed by atoms with Crippen molar-refractivity contribution in [1.82, 2.24) is 15.3 Å². The first-order valence-corrected chi connectivity index (χ1v) is 9.07. The summed E-state index contributed by atoms with van der Waals surface area (Å²) in [4.78, 5) is 33.1. The van der Waals surface area contributed by atoms with E-state index in [1.807, 2.05) is 24.3 Å². The van der Waals surface area contributed by atoms with Crippen molar-refractivity contribution in [3.05, 3.63) is 51.6 Å². The van der Waals surface area contributed by atoms with Gasteiger partial charge in [-0.1, -0.05) is 18.2 Å². The van der Waals surface area contributed by atoms with Crippen molar-refractivity contribution in [2.24, 2.45) is 5.73 Å². The number of nitrogens with zero attached hydrogens (tertiary/aromatic N) is 1. The molecule has 0 aliphatic rings. The van der Waals surface area contributed by atoms with Gasteiger partial charge in [-0.3, -0.25) is 9.59 Å². The van der Waals surface area contributed by atoms with Crippen LogP contribution in [0.15, 0.2) is 30.5 Å². The molecule has 0 saturated heterocycles. The Balaban J connectivity index is 1.73. The molecule has 1 aromatic carbocycles. The number of rotatable bonds is 8. The predicted octanol–water partition coefficient (Wildman–Crippen LogP) is 1.87. The van der Waals surface area contributed by atoms with Gasteiger partial charge < -0.3 is 20.8 Å². The molecule has 0 aliphatic heterocycles. The van der Waals surface area contributed by atoms with Gasteiger partial charge in [-0.2, -0.15) is 0 Å². The van der Waals surface area contributed by atoms with Crippen LogP contribution in [0, 0.1) is 6.92 Å². The van der Waals surface area contributed by atoms with E-state index in [9.17, 15) is 9.59 Å². The van der Waals surface area contributed by atoms with Crippen LogP contribution in [-0.2, 0) is 4.74 Å². The number of H-pyrrole nitrogens is 1. The highest BCUT2D eigenvalue weighted by Crippen LogP contribution is 2.24. The molecule has 8 heteroatoms. The molecule has 0 bridgehead atoms. The second kappa shape index (κ2) is 8.22. The Morgan fingerprint density at radius 1 is 1.31 bits per heavy atom. The summed E-state index contributed by atoms with van der Waals surface area (Å²) in [5.74, 6) is -0.506. The number of nitrogens with one attached hydrogen (secondary N) is 2. The van der Waals surface area contributed by atoms with Crippen LogP contribution in [0.1, 0.15) is 30.7 Å². The number of benzene rings is 1. The van der Waals surface area contributed by atoms with Gasteiger partial charge in [0.15, 0.2) is 5.01 Å². The first-order valence-electron chi connectivity index (χ1n) is 8.26.